The summed E-state index contributed by atoms with van der Waals surface area (Å²) in [5.74, 6) is -1.87. The second kappa shape index (κ2) is 5.92. The van der Waals surface area contributed by atoms with Crippen LogP contribution in [0.3, 0.4) is 0 Å². The molecule has 0 unspecified atom stereocenters. The summed E-state index contributed by atoms with van der Waals surface area (Å²) in [6, 6.07) is 1.45. The number of hydrogen-bond acceptors (Lipinski definition) is 4. The molecule has 1 aromatic carbocycles. The van der Waals surface area contributed by atoms with Crippen molar-refractivity contribution in [3.63, 3.8) is 0 Å². The summed E-state index contributed by atoms with van der Waals surface area (Å²) >= 11 is 0. The zero-order chi connectivity index (χ0) is 13.8. The van der Waals surface area contributed by atoms with Crippen molar-refractivity contribution >= 4 is 11.4 Å². The lowest BCUT2D eigenvalue weighted by Gasteiger charge is -2.15. The molecule has 1 aromatic rings. The third-order valence-corrected chi connectivity index (χ3v) is 3.17. The number of nitro groups is 1. The van der Waals surface area contributed by atoms with Crippen molar-refractivity contribution in [2.75, 3.05) is 31.5 Å². The van der Waals surface area contributed by atoms with Gasteiger partial charge in [0.15, 0.2) is 11.6 Å². The summed E-state index contributed by atoms with van der Waals surface area (Å²) in [5.41, 5.74) is -0.884. The molecule has 104 valence electrons. The van der Waals surface area contributed by atoms with Crippen LogP contribution in [0.25, 0.3) is 0 Å². The van der Waals surface area contributed by atoms with Crippen LogP contribution in [0.5, 0.6) is 0 Å². The number of nitro benzene ring substituents is 1. The van der Waals surface area contributed by atoms with Gasteiger partial charge in [0.05, 0.1) is 17.1 Å². The van der Waals surface area contributed by atoms with Crippen LogP contribution < -0.4 is 5.32 Å². The molecule has 0 spiro atoms. The number of halogens is 2. The molecule has 0 saturated carbocycles. The zero-order valence-corrected chi connectivity index (χ0v) is 10.4. The van der Waals surface area contributed by atoms with E-state index in [9.17, 15) is 18.9 Å². The van der Waals surface area contributed by atoms with Crippen molar-refractivity contribution in [2.45, 2.75) is 12.8 Å². The molecule has 1 saturated heterocycles. The minimum absolute atomic E-state index is 0.301. The molecule has 2 rings (SSSR count). The molecule has 0 radical (unpaired) electrons. The van der Waals surface area contributed by atoms with Crippen molar-refractivity contribution in [1.82, 2.24) is 4.90 Å². The molecule has 0 amide bonds. The highest BCUT2D eigenvalue weighted by atomic mass is 19.1. The Balaban J connectivity index is 1.97. The van der Waals surface area contributed by atoms with E-state index in [2.05, 4.69) is 10.2 Å². The summed E-state index contributed by atoms with van der Waals surface area (Å²) in [6.45, 7) is 3.13. The molecule has 1 heterocycles. The zero-order valence-electron chi connectivity index (χ0n) is 10.4. The van der Waals surface area contributed by atoms with Gasteiger partial charge in [-0.1, -0.05) is 0 Å². The Bertz CT molecular complexity index is 453. The first-order valence-electron chi connectivity index (χ1n) is 6.17. The molecular formula is C12H15F2N3O2. The summed E-state index contributed by atoms with van der Waals surface area (Å²) in [7, 11) is 0. The summed E-state index contributed by atoms with van der Waals surface area (Å²) in [6.07, 6.45) is 2.31. The number of anilines is 1. The van der Waals surface area contributed by atoms with Gasteiger partial charge in [-0.15, -0.1) is 0 Å². The van der Waals surface area contributed by atoms with Crippen molar-refractivity contribution in [3.05, 3.63) is 33.9 Å². The van der Waals surface area contributed by atoms with Crippen LogP contribution >= 0.6 is 0 Å². The van der Waals surface area contributed by atoms with Gasteiger partial charge in [-0.2, -0.15) is 0 Å². The van der Waals surface area contributed by atoms with Gasteiger partial charge in [0.2, 0.25) is 0 Å². The Morgan fingerprint density at radius 2 is 1.84 bits per heavy atom. The molecule has 1 aliphatic heterocycles. The molecule has 0 aromatic heterocycles. The first-order chi connectivity index (χ1) is 9.08. The minimum Gasteiger partial charge on any atom is -0.379 e. The molecule has 1 N–H and O–H groups in total. The molecular weight excluding hydrogens is 256 g/mol. The Hall–Kier alpha value is -1.76. The Morgan fingerprint density at radius 3 is 2.37 bits per heavy atom. The third kappa shape index (κ3) is 3.37. The van der Waals surface area contributed by atoms with E-state index in [1.54, 1.807) is 0 Å². The summed E-state index contributed by atoms with van der Waals surface area (Å²) in [4.78, 5) is 11.8. The maximum absolute atomic E-state index is 13.6. The maximum atomic E-state index is 13.6. The van der Waals surface area contributed by atoms with E-state index in [-0.39, 0.29) is 5.69 Å². The van der Waals surface area contributed by atoms with Crippen LogP contribution in [0.15, 0.2) is 12.1 Å². The predicted octanol–water partition coefficient (Wildman–Crippen LogP) is 2.38. The minimum atomic E-state index is -0.937. The first-order valence-corrected chi connectivity index (χ1v) is 6.17. The molecule has 1 fully saturated rings. The fourth-order valence-electron chi connectivity index (χ4n) is 2.18. The van der Waals surface area contributed by atoms with E-state index in [1.807, 2.05) is 0 Å². The molecule has 7 heteroatoms. The second-order valence-corrected chi connectivity index (χ2v) is 4.52. The normalized spacial score (nSPS) is 15.7. The van der Waals surface area contributed by atoms with E-state index in [0.29, 0.717) is 13.1 Å². The average Bonchev–Trinajstić information content (AvgIpc) is 2.85. The quantitative estimate of drug-likeness (QED) is 0.660. The van der Waals surface area contributed by atoms with Gasteiger partial charge in [0.1, 0.15) is 5.69 Å². The predicted molar refractivity (Wildman–Crippen MR) is 67.2 cm³/mol. The first kappa shape index (κ1) is 13.7. The molecule has 19 heavy (non-hydrogen) atoms. The Kier molecular flexibility index (Phi) is 4.26. The maximum Gasteiger partial charge on any atom is 0.275 e. The Morgan fingerprint density at radius 1 is 1.26 bits per heavy atom. The number of nitrogens with one attached hydrogen (secondary N) is 1. The molecule has 0 bridgehead atoms. The number of rotatable bonds is 5. The third-order valence-electron chi connectivity index (χ3n) is 3.17. The average molecular weight is 271 g/mol. The number of likely N-dealkylation sites (tertiary alicyclic amines) is 1. The van der Waals surface area contributed by atoms with E-state index >= 15 is 0 Å². The van der Waals surface area contributed by atoms with Crippen molar-refractivity contribution in [3.8, 4) is 0 Å². The van der Waals surface area contributed by atoms with Crippen molar-refractivity contribution < 1.29 is 13.7 Å². The van der Waals surface area contributed by atoms with E-state index < -0.39 is 22.2 Å². The highest BCUT2D eigenvalue weighted by Gasteiger charge is 2.17. The molecule has 0 atom stereocenters. The second-order valence-electron chi connectivity index (χ2n) is 4.52. The lowest BCUT2D eigenvalue weighted by Crippen LogP contribution is -2.26. The van der Waals surface area contributed by atoms with Crippen LogP contribution in [0.2, 0.25) is 0 Å². The highest BCUT2D eigenvalue weighted by Crippen LogP contribution is 2.24. The van der Waals surface area contributed by atoms with Gasteiger partial charge in [-0.3, -0.25) is 10.1 Å². The van der Waals surface area contributed by atoms with Crippen molar-refractivity contribution in [1.29, 1.82) is 0 Å². The fourth-order valence-corrected chi connectivity index (χ4v) is 2.18. The largest absolute Gasteiger partial charge is 0.379 e. The number of benzene rings is 1. The van der Waals surface area contributed by atoms with Crippen LogP contribution in [-0.2, 0) is 0 Å². The number of nitrogens with zero attached hydrogens (tertiary/aromatic N) is 2. The van der Waals surface area contributed by atoms with Gasteiger partial charge in [-0.05, 0) is 25.9 Å². The summed E-state index contributed by atoms with van der Waals surface area (Å²) in [5, 5.41) is 13.1. The number of hydrogen-bond donors (Lipinski definition) is 1. The monoisotopic (exact) mass is 271 g/mol. The van der Waals surface area contributed by atoms with Gasteiger partial charge in [0.25, 0.3) is 5.69 Å². The lowest BCUT2D eigenvalue weighted by molar-refractivity contribution is -0.385. The van der Waals surface area contributed by atoms with E-state index in [0.717, 1.165) is 38.1 Å². The lowest BCUT2D eigenvalue weighted by atomic mass is 10.2. The van der Waals surface area contributed by atoms with Crippen LogP contribution in [0.4, 0.5) is 20.2 Å². The topological polar surface area (TPSA) is 58.4 Å². The smallest absolute Gasteiger partial charge is 0.275 e. The molecule has 5 nitrogen and oxygen atoms in total. The standard InChI is InChI=1S/C12H15F2N3O2/c13-10-7-9(17(18)19)8-11(14)12(10)15-3-6-16-4-1-2-5-16/h7-8,15H,1-6H2. The van der Waals surface area contributed by atoms with E-state index in [4.69, 9.17) is 0 Å². The van der Waals surface area contributed by atoms with Gasteiger partial charge in [0, 0.05) is 13.1 Å². The van der Waals surface area contributed by atoms with Gasteiger partial charge < -0.3 is 10.2 Å². The SMILES string of the molecule is O=[N+]([O-])c1cc(F)c(NCCN2CCCC2)c(F)c1. The Labute approximate surface area is 109 Å². The van der Waals surface area contributed by atoms with Crippen LogP contribution in [0, 0.1) is 21.7 Å². The molecule has 0 aliphatic carbocycles. The summed E-state index contributed by atoms with van der Waals surface area (Å²) < 4.78 is 27.1. The molecule has 1 aliphatic rings. The fraction of sp³-hybridized carbons (Fsp3) is 0.500. The van der Waals surface area contributed by atoms with Crippen molar-refractivity contribution in [2.24, 2.45) is 0 Å². The van der Waals surface area contributed by atoms with Crippen LogP contribution in [0.1, 0.15) is 12.8 Å². The van der Waals surface area contributed by atoms with Gasteiger partial charge >= 0.3 is 0 Å². The van der Waals surface area contributed by atoms with Crippen LogP contribution in [-0.4, -0.2) is 36.0 Å². The highest BCUT2D eigenvalue weighted by molar-refractivity contribution is 5.51. The number of non-ortho nitro benzene ring substituents is 1. The van der Waals surface area contributed by atoms with Gasteiger partial charge in [-0.25, -0.2) is 8.78 Å². The van der Waals surface area contributed by atoms with E-state index in [1.165, 1.54) is 0 Å².